The van der Waals surface area contributed by atoms with Gasteiger partial charge < -0.3 is 10.2 Å². The van der Waals surface area contributed by atoms with E-state index < -0.39 is 0 Å². The van der Waals surface area contributed by atoms with Crippen LogP contribution in [-0.2, 0) is 17.6 Å². The highest BCUT2D eigenvalue weighted by molar-refractivity contribution is 7.20. The summed E-state index contributed by atoms with van der Waals surface area (Å²) in [7, 11) is 0. The molecule has 1 aromatic carbocycles. The Hall–Kier alpha value is -2.74. The van der Waals surface area contributed by atoms with Gasteiger partial charge in [-0.15, -0.1) is 5.10 Å². The van der Waals surface area contributed by atoms with Crippen LogP contribution in [0.15, 0.2) is 41.2 Å². The lowest BCUT2D eigenvalue weighted by atomic mass is 10.0. The van der Waals surface area contributed by atoms with Gasteiger partial charge in [0.25, 0.3) is 5.56 Å². The van der Waals surface area contributed by atoms with Gasteiger partial charge in [-0.05, 0) is 12.0 Å². The van der Waals surface area contributed by atoms with Crippen LogP contribution in [0.5, 0.6) is 0 Å². The number of anilines is 1. The van der Waals surface area contributed by atoms with E-state index in [2.05, 4.69) is 15.4 Å². The number of hydrogen-bond acceptors (Lipinski definition) is 6. The van der Waals surface area contributed by atoms with Crippen molar-refractivity contribution in [1.82, 2.24) is 19.9 Å². The Balaban J connectivity index is 1.72. The van der Waals surface area contributed by atoms with Crippen molar-refractivity contribution < 1.29 is 4.79 Å². The molecule has 0 aliphatic carbocycles. The molecule has 1 unspecified atom stereocenters. The van der Waals surface area contributed by atoms with Gasteiger partial charge in [0.2, 0.25) is 16.0 Å². The molecular weight excluding hydrogens is 350 g/mol. The molecule has 1 amide bonds. The first-order chi connectivity index (χ1) is 12.7. The minimum absolute atomic E-state index is 0.0195. The number of benzene rings is 1. The van der Waals surface area contributed by atoms with Crippen LogP contribution in [0.2, 0.25) is 0 Å². The lowest BCUT2D eigenvalue weighted by molar-refractivity contribution is -0.123. The second kappa shape index (κ2) is 6.87. The van der Waals surface area contributed by atoms with E-state index in [4.69, 9.17) is 0 Å². The van der Waals surface area contributed by atoms with Gasteiger partial charge in [-0.25, -0.2) is 4.98 Å². The molecule has 1 fully saturated rings. The van der Waals surface area contributed by atoms with E-state index in [9.17, 15) is 9.59 Å². The maximum Gasteiger partial charge on any atom is 0.275 e. The van der Waals surface area contributed by atoms with E-state index in [1.807, 2.05) is 42.2 Å². The third-order valence-corrected chi connectivity index (χ3v) is 5.44. The number of piperazine rings is 1. The smallest absolute Gasteiger partial charge is 0.275 e. The monoisotopic (exact) mass is 369 g/mol. The number of carbonyl (C=O) groups is 1. The maximum atomic E-state index is 12.5. The van der Waals surface area contributed by atoms with Crippen LogP contribution in [0, 0.1) is 0 Å². The van der Waals surface area contributed by atoms with Gasteiger partial charge in [0, 0.05) is 31.3 Å². The molecule has 1 aliphatic rings. The SMILES string of the molecule is CCc1cc(=O)n2nc(N3CCNC(=O)C3Cc3ccccc3)sc2n1. The summed E-state index contributed by atoms with van der Waals surface area (Å²) in [5.74, 6) is -0.0195. The molecule has 4 rings (SSSR count). The Morgan fingerprint density at radius 3 is 2.85 bits per heavy atom. The van der Waals surface area contributed by atoms with Crippen LogP contribution in [0.3, 0.4) is 0 Å². The summed E-state index contributed by atoms with van der Waals surface area (Å²) in [5.41, 5.74) is 1.65. The molecule has 0 saturated carbocycles. The van der Waals surface area contributed by atoms with Gasteiger partial charge in [0.05, 0.1) is 0 Å². The van der Waals surface area contributed by atoms with Crippen molar-refractivity contribution in [2.45, 2.75) is 25.8 Å². The second-order valence-electron chi connectivity index (χ2n) is 6.21. The van der Waals surface area contributed by atoms with Crippen molar-refractivity contribution in [3.05, 3.63) is 58.0 Å². The van der Waals surface area contributed by atoms with Crippen LogP contribution in [0.1, 0.15) is 18.2 Å². The molecule has 3 aromatic rings. The quantitative estimate of drug-likeness (QED) is 0.749. The highest BCUT2D eigenvalue weighted by Crippen LogP contribution is 2.26. The van der Waals surface area contributed by atoms with Crippen LogP contribution >= 0.6 is 11.3 Å². The number of amides is 1. The normalized spacial score (nSPS) is 17.5. The highest BCUT2D eigenvalue weighted by atomic mass is 32.1. The van der Waals surface area contributed by atoms with Crippen LogP contribution in [0.25, 0.3) is 4.96 Å². The van der Waals surface area contributed by atoms with E-state index >= 15 is 0 Å². The molecule has 134 valence electrons. The van der Waals surface area contributed by atoms with Gasteiger partial charge in [0.15, 0.2) is 0 Å². The Kier molecular flexibility index (Phi) is 4.42. The average molecular weight is 369 g/mol. The summed E-state index contributed by atoms with van der Waals surface area (Å²) >= 11 is 1.35. The first-order valence-electron chi connectivity index (χ1n) is 8.64. The molecule has 1 saturated heterocycles. The second-order valence-corrected chi connectivity index (χ2v) is 7.14. The molecule has 0 spiro atoms. The largest absolute Gasteiger partial charge is 0.353 e. The minimum atomic E-state index is -0.354. The van der Waals surface area contributed by atoms with Crippen LogP contribution < -0.4 is 15.8 Å². The number of aryl methyl sites for hydroxylation is 1. The number of aromatic nitrogens is 3. The minimum Gasteiger partial charge on any atom is -0.353 e. The van der Waals surface area contributed by atoms with E-state index in [1.165, 1.54) is 21.9 Å². The number of nitrogens with one attached hydrogen (secondary N) is 1. The van der Waals surface area contributed by atoms with Gasteiger partial charge in [-0.2, -0.15) is 4.52 Å². The van der Waals surface area contributed by atoms with Crippen molar-refractivity contribution >= 4 is 27.3 Å². The number of hydrogen-bond donors (Lipinski definition) is 1. The lowest BCUT2D eigenvalue weighted by Gasteiger charge is -2.34. The summed E-state index contributed by atoms with van der Waals surface area (Å²) in [6.07, 6.45) is 1.28. The molecule has 7 nitrogen and oxygen atoms in total. The topological polar surface area (TPSA) is 79.6 Å². The first kappa shape index (κ1) is 16.7. The third-order valence-electron chi connectivity index (χ3n) is 4.50. The molecule has 3 heterocycles. The zero-order valence-corrected chi connectivity index (χ0v) is 15.2. The van der Waals surface area contributed by atoms with Gasteiger partial charge >= 0.3 is 0 Å². The average Bonchev–Trinajstić information content (AvgIpc) is 3.08. The molecule has 0 radical (unpaired) electrons. The molecular formula is C18H19N5O2S. The Morgan fingerprint density at radius 1 is 1.27 bits per heavy atom. The zero-order valence-electron chi connectivity index (χ0n) is 14.4. The summed E-state index contributed by atoms with van der Waals surface area (Å²) in [6, 6.07) is 11.1. The van der Waals surface area contributed by atoms with Crippen LogP contribution in [-0.4, -0.2) is 39.6 Å². The fourth-order valence-corrected chi connectivity index (χ4v) is 4.13. The lowest BCUT2D eigenvalue weighted by Crippen LogP contribution is -2.56. The summed E-state index contributed by atoms with van der Waals surface area (Å²) in [4.78, 5) is 31.8. The summed E-state index contributed by atoms with van der Waals surface area (Å²) < 4.78 is 1.32. The van der Waals surface area contributed by atoms with Gasteiger partial charge in [-0.3, -0.25) is 9.59 Å². The third kappa shape index (κ3) is 3.08. The van der Waals surface area contributed by atoms with E-state index in [0.29, 0.717) is 36.0 Å². The summed E-state index contributed by atoms with van der Waals surface area (Å²) in [6.45, 7) is 3.17. The van der Waals surface area contributed by atoms with E-state index in [1.54, 1.807) is 0 Å². The van der Waals surface area contributed by atoms with Gasteiger partial charge in [0.1, 0.15) is 6.04 Å². The fourth-order valence-electron chi connectivity index (χ4n) is 3.13. The Morgan fingerprint density at radius 2 is 2.08 bits per heavy atom. The molecule has 1 N–H and O–H groups in total. The molecule has 0 bridgehead atoms. The fraction of sp³-hybridized carbons (Fsp3) is 0.333. The maximum absolute atomic E-state index is 12.5. The Bertz CT molecular complexity index is 998. The van der Waals surface area contributed by atoms with Crippen molar-refractivity contribution in [1.29, 1.82) is 0 Å². The van der Waals surface area contributed by atoms with Crippen molar-refractivity contribution in [3.8, 4) is 0 Å². The first-order valence-corrected chi connectivity index (χ1v) is 9.45. The van der Waals surface area contributed by atoms with Crippen molar-refractivity contribution in [2.75, 3.05) is 18.0 Å². The van der Waals surface area contributed by atoms with E-state index in [-0.39, 0.29) is 17.5 Å². The van der Waals surface area contributed by atoms with Crippen molar-refractivity contribution in [2.24, 2.45) is 0 Å². The molecule has 8 heteroatoms. The number of nitrogens with zero attached hydrogens (tertiary/aromatic N) is 4. The number of rotatable bonds is 4. The van der Waals surface area contributed by atoms with Crippen LogP contribution in [0.4, 0.5) is 5.13 Å². The highest BCUT2D eigenvalue weighted by Gasteiger charge is 2.32. The molecule has 1 aliphatic heterocycles. The van der Waals surface area contributed by atoms with Gasteiger partial charge in [-0.1, -0.05) is 48.6 Å². The predicted molar refractivity (Wildman–Crippen MR) is 101 cm³/mol. The molecule has 26 heavy (non-hydrogen) atoms. The molecule has 1 atom stereocenters. The molecule has 2 aromatic heterocycles. The standard InChI is InChI=1S/C18H19N5O2S/c1-2-13-11-15(24)23-17(20-13)26-18(21-23)22-9-8-19-16(25)14(22)10-12-6-4-3-5-7-12/h3-7,11,14H,2,8-10H2,1H3,(H,19,25). The summed E-state index contributed by atoms with van der Waals surface area (Å²) in [5, 5.41) is 8.02. The number of fused-ring (bicyclic) bond motifs is 1. The predicted octanol–water partition coefficient (Wildman–Crippen LogP) is 1.26. The Labute approximate surface area is 154 Å². The van der Waals surface area contributed by atoms with Crippen molar-refractivity contribution in [3.63, 3.8) is 0 Å². The number of carbonyl (C=O) groups excluding carboxylic acids is 1. The van der Waals surface area contributed by atoms with E-state index in [0.717, 1.165) is 11.3 Å². The zero-order chi connectivity index (χ0) is 18.1.